The molecule has 0 spiro atoms. The molecular formula is C8H10BN3O2S. The fourth-order valence-corrected chi connectivity index (χ4v) is 2.09. The highest BCUT2D eigenvalue weighted by molar-refractivity contribution is 7.15. The standard InChI is InChI=1S/C8H10BN3O2S/c1-11(14-2)7(13)5-6(9)12-3-4-15-8(12)10-5/h3-4H,9H2,1-2H3. The first kappa shape index (κ1) is 10.2. The van der Waals surface area contributed by atoms with Crippen molar-refractivity contribution in [1.29, 1.82) is 0 Å². The van der Waals surface area contributed by atoms with E-state index in [0.29, 0.717) is 5.69 Å². The first-order valence-corrected chi connectivity index (χ1v) is 5.27. The minimum atomic E-state index is -0.231. The van der Waals surface area contributed by atoms with E-state index in [4.69, 9.17) is 4.84 Å². The lowest BCUT2D eigenvalue weighted by atomic mass is 10.0. The van der Waals surface area contributed by atoms with Crippen LogP contribution in [0.5, 0.6) is 0 Å². The number of hydrogen-bond donors (Lipinski definition) is 0. The van der Waals surface area contributed by atoms with Gasteiger partial charge in [0.15, 0.2) is 12.8 Å². The maximum atomic E-state index is 11.8. The summed E-state index contributed by atoms with van der Waals surface area (Å²) < 4.78 is 1.89. The summed E-state index contributed by atoms with van der Waals surface area (Å²) in [6.45, 7) is 0. The third kappa shape index (κ3) is 1.53. The van der Waals surface area contributed by atoms with Crippen molar-refractivity contribution in [2.24, 2.45) is 0 Å². The van der Waals surface area contributed by atoms with E-state index in [0.717, 1.165) is 10.6 Å². The molecule has 0 bridgehead atoms. The minimum Gasteiger partial charge on any atom is -0.304 e. The van der Waals surface area contributed by atoms with Gasteiger partial charge in [0.1, 0.15) is 5.69 Å². The van der Waals surface area contributed by atoms with Gasteiger partial charge in [0.25, 0.3) is 5.91 Å². The summed E-state index contributed by atoms with van der Waals surface area (Å²) in [7, 11) is 4.88. The lowest BCUT2D eigenvalue weighted by Crippen LogP contribution is -2.30. The van der Waals surface area contributed by atoms with Gasteiger partial charge in [0.05, 0.1) is 7.11 Å². The average Bonchev–Trinajstić information content (AvgIpc) is 2.80. The number of carbonyl (C=O) groups excluding carboxylic acids is 1. The number of hydrogen-bond acceptors (Lipinski definition) is 4. The molecule has 78 valence electrons. The molecule has 0 unspecified atom stereocenters. The molecule has 0 atom stereocenters. The average molecular weight is 223 g/mol. The SMILES string of the molecule is Bc1c(C(=O)N(C)OC)nc2sccn12. The van der Waals surface area contributed by atoms with Crippen LogP contribution in [0, 0.1) is 0 Å². The Labute approximate surface area is 91.6 Å². The second-order valence-electron chi connectivity index (χ2n) is 3.09. The summed E-state index contributed by atoms with van der Waals surface area (Å²) in [6.07, 6.45) is 1.89. The summed E-state index contributed by atoms with van der Waals surface area (Å²) in [6, 6.07) is 0. The number of thiazole rings is 1. The molecule has 15 heavy (non-hydrogen) atoms. The van der Waals surface area contributed by atoms with E-state index in [-0.39, 0.29) is 5.91 Å². The Morgan fingerprint density at radius 1 is 1.73 bits per heavy atom. The molecule has 0 aliphatic carbocycles. The van der Waals surface area contributed by atoms with Crippen molar-refractivity contribution in [2.75, 3.05) is 14.2 Å². The van der Waals surface area contributed by atoms with Crippen LogP contribution >= 0.6 is 11.3 Å². The second kappa shape index (κ2) is 3.67. The predicted octanol–water partition coefficient (Wildman–Crippen LogP) is -0.712. The van der Waals surface area contributed by atoms with Crippen molar-refractivity contribution in [2.45, 2.75) is 0 Å². The summed E-state index contributed by atoms with van der Waals surface area (Å²) in [5, 5.41) is 3.10. The van der Waals surface area contributed by atoms with E-state index in [9.17, 15) is 4.79 Å². The molecule has 2 aromatic heterocycles. The Kier molecular flexibility index (Phi) is 2.49. The lowest BCUT2D eigenvalue weighted by molar-refractivity contribution is -0.0759. The van der Waals surface area contributed by atoms with Crippen LogP contribution < -0.4 is 5.59 Å². The Balaban J connectivity index is 2.47. The number of fused-ring (bicyclic) bond motifs is 1. The monoisotopic (exact) mass is 223 g/mol. The fourth-order valence-electron chi connectivity index (χ4n) is 1.33. The topological polar surface area (TPSA) is 46.8 Å². The zero-order valence-electron chi connectivity index (χ0n) is 8.72. The van der Waals surface area contributed by atoms with Crippen LogP contribution in [0.25, 0.3) is 4.96 Å². The Morgan fingerprint density at radius 2 is 2.47 bits per heavy atom. The molecule has 1 amide bonds. The van der Waals surface area contributed by atoms with Crippen LogP contribution in [-0.2, 0) is 4.84 Å². The number of rotatable bonds is 2. The molecule has 2 rings (SSSR count). The van der Waals surface area contributed by atoms with Crippen molar-refractivity contribution < 1.29 is 9.63 Å². The van der Waals surface area contributed by atoms with Gasteiger partial charge < -0.3 is 4.40 Å². The summed E-state index contributed by atoms with van der Waals surface area (Å²) in [5.74, 6) is -0.231. The smallest absolute Gasteiger partial charge is 0.296 e. The molecule has 0 aliphatic heterocycles. The quantitative estimate of drug-likeness (QED) is 0.499. The number of hydroxylamine groups is 2. The summed E-state index contributed by atoms with van der Waals surface area (Å²) >= 11 is 1.50. The third-order valence-electron chi connectivity index (χ3n) is 2.26. The molecule has 0 N–H and O–H groups in total. The number of carbonyl (C=O) groups is 1. The highest BCUT2D eigenvalue weighted by Gasteiger charge is 2.19. The van der Waals surface area contributed by atoms with E-state index in [1.54, 1.807) is 7.05 Å². The highest BCUT2D eigenvalue weighted by atomic mass is 32.1. The summed E-state index contributed by atoms with van der Waals surface area (Å²) in [4.78, 5) is 21.7. The molecule has 0 aromatic carbocycles. The molecule has 0 fully saturated rings. The van der Waals surface area contributed by atoms with Crippen LogP contribution in [0.4, 0.5) is 0 Å². The number of aromatic nitrogens is 2. The molecule has 5 nitrogen and oxygen atoms in total. The van der Waals surface area contributed by atoms with Crippen LogP contribution in [0.15, 0.2) is 11.6 Å². The van der Waals surface area contributed by atoms with Gasteiger partial charge in [-0.05, 0) is 0 Å². The molecule has 2 aromatic rings. The Bertz CT molecular complexity index is 507. The second-order valence-corrected chi connectivity index (χ2v) is 3.96. The van der Waals surface area contributed by atoms with Gasteiger partial charge in [-0.1, -0.05) is 0 Å². The van der Waals surface area contributed by atoms with Gasteiger partial charge in [-0.2, -0.15) is 0 Å². The lowest BCUT2D eigenvalue weighted by Gasteiger charge is -2.12. The van der Waals surface area contributed by atoms with Gasteiger partial charge >= 0.3 is 0 Å². The maximum Gasteiger partial charge on any atom is 0.296 e. The van der Waals surface area contributed by atoms with Crippen molar-refractivity contribution in [3.05, 3.63) is 17.3 Å². The van der Waals surface area contributed by atoms with E-state index < -0.39 is 0 Å². The minimum absolute atomic E-state index is 0.231. The van der Waals surface area contributed by atoms with Gasteiger partial charge in [-0.3, -0.25) is 9.63 Å². The van der Waals surface area contributed by atoms with E-state index in [2.05, 4.69) is 4.98 Å². The normalized spacial score (nSPS) is 10.8. The third-order valence-corrected chi connectivity index (χ3v) is 3.02. The molecule has 0 saturated carbocycles. The zero-order chi connectivity index (χ0) is 11.0. The van der Waals surface area contributed by atoms with Gasteiger partial charge in [-0.25, -0.2) is 10.0 Å². The fraction of sp³-hybridized carbons (Fsp3) is 0.250. The van der Waals surface area contributed by atoms with Crippen molar-refractivity contribution >= 4 is 35.6 Å². The largest absolute Gasteiger partial charge is 0.304 e. The van der Waals surface area contributed by atoms with Crippen LogP contribution in [0.1, 0.15) is 10.5 Å². The summed E-state index contributed by atoms with van der Waals surface area (Å²) in [5.41, 5.74) is 1.27. The molecular weight excluding hydrogens is 213 g/mol. The van der Waals surface area contributed by atoms with Crippen LogP contribution in [0.3, 0.4) is 0 Å². The van der Waals surface area contributed by atoms with Crippen molar-refractivity contribution in [3.63, 3.8) is 0 Å². The number of imidazole rings is 1. The van der Waals surface area contributed by atoms with Crippen LogP contribution in [0.2, 0.25) is 0 Å². The van der Waals surface area contributed by atoms with E-state index >= 15 is 0 Å². The molecule has 0 aliphatic rings. The maximum absolute atomic E-state index is 11.8. The van der Waals surface area contributed by atoms with E-state index in [1.807, 2.05) is 23.8 Å². The van der Waals surface area contributed by atoms with Crippen LogP contribution in [-0.4, -0.2) is 42.4 Å². The van der Waals surface area contributed by atoms with Gasteiger partial charge in [0, 0.05) is 24.2 Å². The first-order chi connectivity index (χ1) is 7.15. The number of nitrogens with zero attached hydrogens (tertiary/aromatic N) is 3. The molecule has 7 heteroatoms. The van der Waals surface area contributed by atoms with E-state index in [1.165, 1.54) is 23.5 Å². The van der Waals surface area contributed by atoms with Crippen molar-refractivity contribution in [1.82, 2.24) is 14.4 Å². The highest BCUT2D eigenvalue weighted by Crippen LogP contribution is 2.10. The van der Waals surface area contributed by atoms with Gasteiger partial charge in [-0.15, -0.1) is 11.3 Å². The molecule has 0 radical (unpaired) electrons. The first-order valence-electron chi connectivity index (χ1n) is 4.39. The molecule has 0 saturated heterocycles. The Morgan fingerprint density at radius 3 is 3.07 bits per heavy atom. The van der Waals surface area contributed by atoms with Crippen molar-refractivity contribution in [3.8, 4) is 0 Å². The Hall–Kier alpha value is -1.34. The molecule has 2 heterocycles. The number of amides is 1. The van der Waals surface area contributed by atoms with Gasteiger partial charge in [0.2, 0.25) is 0 Å². The predicted molar refractivity (Wildman–Crippen MR) is 60.3 cm³/mol. The zero-order valence-corrected chi connectivity index (χ0v) is 9.54.